The van der Waals surface area contributed by atoms with Gasteiger partial charge in [-0.1, -0.05) is 60.7 Å². The molecule has 16 heteroatoms. The van der Waals surface area contributed by atoms with Crippen LogP contribution in [0.1, 0.15) is 37.0 Å². The topological polar surface area (TPSA) is 238 Å². The van der Waals surface area contributed by atoms with Crippen molar-refractivity contribution in [2.45, 2.75) is 64.1 Å². The number of amides is 5. The van der Waals surface area contributed by atoms with Crippen molar-refractivity contribution in [3.05, 3.63) is 112 Å². The summed E-state index contributed by atoms with van der Waals surface area (Å²) in [5.41, 5.74) is 6.96. The fraction of sp³-hybridized carbons (Fsp3) is 0.294. The number of nitro benzene ring substituents is 1. The van der Waals surface area contributed by atoms with Crippen molar-refractivity contribution < 1.29 is 43.2 Å². The molecule has 0 aliphatic carbocycles. The van der Waals surface area contributed by atoms with E-state index in [0.717, 1.165) is 5.56 Å². The molecular weight excluding hydrogens is 652 g/mol. The number of non-ortho nitro benzene ring substituents is 1. The van der Waals surface area contributed by atoms with E-state index in [-0.39, 0.29) is 25.3 Å². The minimum absolute atomic E-state index is 0.0114. The number of nitrogens with two attached hydrogens (primary N) is 1. The van der Waals surface area contributed by atoms with Gasteiger partial charge in [-0.2, -0.15) is 0 Å². The number of primary amides is 1. The molecule has 3 aromatic carbocycles. The van der Waals surface area contributed by atoms with Gasteiger partial charge in [-0.15, -0.1) is 0 Å². The first-order valence-electron chi connectivity index (χ1n) is 15.4. The normalized spacial score (nSPS) is 12.9. The smallest absolute Gasteiger partial charge is 0.408 e. The number of hydrogen-bond donors (Lipinski definition) is 5. The first-order valence-corrected chi connectivity index (χ1v) is 15.4. The van der Waals surface area contributed by atoms with Gasteiger partial charge in [0.25, 0.3) is 5.69 Å². The standard InChI is InChI=1S/C34H38N6O10/c1-21(36-30(42)22(2)37-34(46)50-20-24-11-7-4-8-12-24)31(43)38-27(17-23-9-5-3-6-10-23)32(44)39-28(18-29(35)41)33(45)49-19-25-13-15-26(16-14-25)40(47)48/h3-16,21-22,27-28H,17-20H2,1-2H3,(H2,35,41)(H,36,42)(H,37,46)(H,38,43)(H,39,44)/t21-,22-,27-,28-/m0/s1. The van der Waals surface area contributed by atoms with Crippen LogP contribution >= 0.6 is 0 Å². The van der Waals surface area contributed by atoms with Crippen molar-refractivity contribution in [3.8, 4) is 0 Å². The number of rotatable bonds is 17. The van der Waals surface area contributed by atoms with E-state index in [1.807, 2.05) is 6.07 Å². The molecule has 0 saturated carbocycles. The maximum atomic E-state index is 13.5. The molecule has 4 atom stereocenters. The second kappa shape index (κ2) is 18.9. The van der Waals surface area contributed by atoms with E-state index in [2.05, 4.69) is 21.3 Å². The van der Waals surface area contributed by atoms with Crippen LogP contribution in [0.4, 0.5) is 10.5 Å². The highest BCUT2D eigenvalue weighted by atomic mass is 16.6. The van der Waals surface area contributed by atoms with Crippen molar-refractivity contribution in [2.24, 2.45) is 5.73 Å². The quantitative estimate of drug-likeness (QED) is 0.0778. The van der Waals surface area contributed by atoms with Crippen LogP contribution in [0.15, 0.2) is 84.9 Å². The van der Waals surface area contributed by atoms with Crippen LogP contribution < -0.4 is 27.0 Å². The Morgan fingerprint density at radius 3 is 1.74 bits per heavy atom. The molecule has 0 aliphatic heterocycles. The molecule has 264 valence electrons. The Bertz CT molecular complexity index is 1650. The third-order valence-electron chi connectivity index (χ3n) is 7.14. The first-order chi connectivity index (χ1) is 23.8. The Hall–Kier alpha value is -6.32. The number of carbonyl (C=O) groups excluding carboxylic acids is 6. The van der Waals surface area contributed by atoms with Gasteiger partial charge in [0.05, 0.1) is 11.3 Å². The van der Waals surface area contributed by atoms with Crippen molar-refractivity contribution in [2.75, 3.05) is 0 Å². The molecule has 6 N–H and O–H groups in total. The van der Waals surface area contributed by atoms with Gasteiger partial charge in [-0.25, -0.2) is 9.59 Å². The predicted molar refractivity (Wildman–Crippen MR) is 178 cm³/mol. The molecule has 3 rings (SSSR count). The third kappa shape index (κ3) is 12.7. The van der Waals surface area contributed by atoms with Gasteiger partial charge >= 0.3 is 12.1 Å². The maximum Gasteiger partial charge on any atom is 0.408 e. The SMILES string of the molecule is C[C@H](NC(=O)OCc1ccccc1)C(=O)N[C@@H](C)C(=O)N[C@@H](Cc1ccccc1)C(=O)N[C@@H](CC(N)=O)C(=O)OCc1ccc([N+](=O)[O-])cc1. The van der Waals surface area contributed by atoms with Gasteiger partial charge in [0, 0.05) is 18.6 Å². The molecule has 0 radical (unpaired) electrons. The van der Waals surface area contributed by atoms with Crippen LogP contribution in [0.5, 0.6) is 0 Å². The van der Waals surface area contributed by atoms with Crippen molar-refractivity contribution >= 4 is 41.4 Å². The number of hydrogen-bond acceptors (Lipinski definition) is 10. The summed E-state index contributed by atoms with van der Waals surface area (Å²) in [5.74, 6) is -4.25. The molecule has 0 fully saturated rings. The molecule has 0 saturated heterocycles. The van der Waals surface area contributed by atoms with E-state index in [1.54, 1.807) is 54.6 Å². The maximum absolute atomic E-state index is 13.5. The lowest BCUT2D eigenvalue weighted by Crippen LogP contribution is -2.57. The molecule has 50 heavy (non-hydrogen) atoms. The van der Waals surface area contributed by atoms with Gasteiger partial charge in [-0.3, -0.25) is 29.3 Å². The molecule has 0 unspecified atom stereocenters. The Kier molecular flexibility index (Phi) is 14.4. The highest BCUT2D eigenvalue weighted by Crippen LogP contribution is 2.13. The third-order valence-corrected chi connectivity index (χ3v) is 7.14. The van der Waals surface area contributed by atoms with Crippen LogP contribution in [0.25, 0.3) is 0 Å². The summed E-state index contributed by atoms with van der Waals surface area (Å²) >= 11 is 0. The van der Waals surface area contributed by atoms with E-state index < -0.39 is 71.2 Å². The summed E-state index contributed by atoms with van der Waals surface area (Å²) < 4.78 is 10.4. The van der Waals surface area contributed by atoms with Gasteiger partial charge in [-0.05, 0) is 42.7 Å². The zero-order valence-corrected chi connectivity index (χ0v) is 27.3. The van der Waals surface area contributed by atoms with Crippen LogP contribution in [0, 0.1) is 10.1 Å². The van der Waals surface area contributed by atoms with Gasteiger partial charge in [0.2, 0.25) is 23.6 Å². The number of esters is 1. The summed E-state index contributed by atoms with van der Waals surface area (Å²) in [4.78, 5) is 86.6. The predicted octanol–water partition coefficient (Wildman–Crippen LogP) is 1.55. The Balaban J connectivity index is 1.63. The number of nitrogens with one attached hydrogen (secondary N) is 4. The van der Waals surface area contributed by atoms with Crippen LogP contribution in [-0.4, -0.2) is 64.8 Å². The molecule has 3 aromatic rings. The van der Waals surface area contributed by atoms with E-state index in [4.69, 9.17) is 15.2 Å². The summed E-state index contributed by atoms with van der Waals surface area (Å²) in [5, 5.41) is 20.7. The van der Waals surface area contributed by atoms with E-state index in [1.165, 1.54) is 38.1 Å². The Labute approximate surface area is 287 Å². The monoisotopic (exact) mass is 690 g/mol. The number of alkyl carbamates (subject to hydrolysis) is 1. The minimum Gasteiger partial charge on any atom is -0.459 e. The summed E-state index contributed by atoms with van der Waals surface area (Å²) in [7, 11) is 0. The van der Waals surface area contributed by atoms with Gasteiger partial charge in [0.15, 0.2) is 0 Å². The second-order valence-electron chi connectivity index (χ2n) is 11.2. The minimum atomic E-state index is -1.53. The number of nitrogens with zero attached hydrogens (tertiary/aromatic N) is 1. The van der Waals surface area contributed by atoms with E-state index in [9.17, 15) is 38.9 Å². The fourth-order valence-corrected chi connectivity index (χ4v) is 4.40. The molecule has 0 bridgehead atoms. The van der Waals surface area contributed by atoms with Gasteiger partial charge in [0.1, 0.15) is 37.4 Å². The molecule has 16 nitrogen and oxygen atoms in total. The summed E-state index contributed by atoms with van der Waals surface area (Å²) in [6.07, 6.45) is -1.50. The molecule has 0 heterocycles. The fourth-order valence-electron chi connectivity index (χ4n) is 4.40. The number of benzene rings is 3. The number of ether oxygens (including phenoxy) is 2. The highest BCUT2D eigenvalue weighted by molar-refractivity contribution is 5.95. The number of nitro groups is 1. The zero-order chi connectivity index (χ0) is 36.6. The van der Waals surface area contributed by atoms with Crippen LogP contribution in [0.2, 0.25) is 0 Å². The average Bonchev–Trinajstić information content (AvgIpc) is 3.09. The van der Waals surface area contributed by atoms with Crippen molar-refractivity contribution in [1.29, 1.82) is 0 Å². The zero-order valence-electron chi connectivity index (χ0n) is 27.3. The van der Waals surface area contributed by atoms with Crippen molar-refractivity contribution in [3.63, 3.8) is 0 Å². The lowest BCUT2D eigenvalue weighted by Gasteiger charge is -2.24. The number of carbonyl (C=O) groups is 6. The average molecular weight is 691 g/mol. The summed E-state index contributed by atoms with van der Waals surface area (Å²) in [6, 6.07) is 17.7. The lowest BCUT2D eigenvalue weighted by molar-refractivity contribution is -0.384. The second-order valence-corrected chi connectivity index (χ2v) is 11.2. The Morgan fingerprint density at radius 2 is 1.16 bits per heavy atom. The van der Waals surface area contributed by atoms with E-state index in [0.29, 0.717) is 11.1 Å². The summed E-state index contributed by atoms with van der Waals surface area (Å²) in [6.45, 7) is 2.44. The lowest BCUT2D eigenvalue weighted by atomic mass is 10.0. The largest absolute Gasteiger partial charge is 0.459 e. The van der Waals surface area contributed by atoms with Crippen molar-refractivity contribution in [1.82, 2.24) is 21.3 Å². The van der Waals surface area contributed by atoms with Crippen LogP contribution in [-0.2, 0) is 53.1 Å². The molecule has 0 aromatic heterocycles. The molecular formula is C34H38N6O10. The molecule has 5 amide bonds. The molecule has 0 aliphatic rings. The Morgan fingerprint density at radius 1 is 0.660 bits per heavy atom. The van der Waals surface area contributed by atoms with Crippen LogP contribution in [0.3, 0.4) is 0 Å². The van der Waals surface area contributed by atoms with Gasteiger partial charge < -0.3 is 36.5 Å². The first kappa shape index (κ1) is 38.1. The highest BCUT2D eigenvalue weighted by Gasteiger charge is 2.31. The van der Waals surface area contributed by atoms with E-state index >= 15 is 0 Å². The molecule has 0 spiro atoms.